The van der Waals surface area contributed by atoms with Gasteiger partial charge >= 0.3 is 6.10 Å². The Hall–Kier alpha value is -1.16. The summed E-state index contributed by atoms with van der Waals surface area (Å²) in [6.45, 7) is 0. The first-order valence-corrected chi connectivity index (χ1v) is 4.68. The Morgan fingerprint density at radius 1 is 1.31 bits per heavy atom. The van der Waals surface area contributed by atoms with E-state index in [-0.39, 0.29) is 9.28 Å². The van der Waals surface area contributed by atoms with Crippen molar-refractivity contribution in [2.24, 2.45) is 0 Å². The van der Waals surface area contributed by atoms with Crippen LogP contribution in [0.5, 0.6) is 0 Å². The maximum atomic E-state index is 13.2. The largest absolute Gasteiger partial charge is 0.389 e. The second-order valence-electron chi connectivity index (χ2n) is 2.93. The molecule has 0 amide bonds. The molecule has 2 aromatic heterocycles. The molecule has 3 N–H and O–H groups in total. The molecule has 0 saturated carbocycles. The molecule has 0 saturated heterocycles. The summed E-state index contributed by atoms with van der Waals surface area (Å²) in [7, 11) is 0. The summed E-state index contributed by atoms with van der Waals surface area (Å²) in [5.41, 5.74) is -0.805. The predicted octanol–water partition coefficient (Wildman–Crippen LogP) is 0.0167. The molecule has 16 heavy (non-hydrogen) atoms. The highest BCUT2D eigenvalue weighted by Gasteiger charge is 2.28. The molecule has 0 aliphatic carbocycles. The van der Waals surface area contributed by atoms with Gasteiger partial charge in [0.2, 0.25) is 0 Å². The number of hydrogen-bond donors (Lipinski definition) is 3. The van der Waals surface area contributed by atoms with Crippen LogP contribution in [0, 0.1) is 11.8 Å². The van der Waals surface area contributed by atoms with E-state index in [4.69, 9.17) is 15.3 Å². The van der Waals surface area contributed by atoms with Crippen molar-refractivity contribution < 1.29 is 24.1 Å². The molecule has 0 bridgehead atoms. The number of pyridine rings is 1. The third-order valence-corrected chi connectivity index (χ3v) is 2.36. The van der Waals surface area contributed by atoms with E-state index in [0.717, 1.165) is 6.07 Å². The van der Waals surface area contributed by atoms with Gasteiger partial charge < -0.3 is 15.3 Å². The van der Waals surface area contributed by atoms with E-state index < -0.39 is 28.9 Å². The first kappa shape index (κ1) is 11.3. The first-order valence-electron chi connectivity index (χ1n) is 3.88. The highest BCUT2D eigenvalue weighted by Crippen LogP contribution is 2.23. The Labute approximate surface area is 94.9 Å². The molecule has 0 aromatic carbocycles. The van der Waals surface area contributed by atoms with E-state index in [1.165, 1.54) is 0 Å². The highest BCUT2D eigenvalue weighted by molar-refractivity contribution is 9.10. The van der Waals surface area contributed by atoms with Crippen molar-refractivity contribution in [3.05, 3.63) is 22.4 Å². The Balaban J connectivity index is 2.84. The van der Waals surface area contributed by atoms with Gasteiger partial charge in [-0.05, 0) is 15.9 Å². The van der Waals surface area contributed by atoms with Crippen molar-refractivity contribution in [3.8, 4) is 0 Å². The zero-order valence-corrected chi connectivity index (χ0v) is 8.98. The van der Waals surface area contributed by atoms with E-state index in [0.29, 0.717) is 0 Å². The second-order valence-corrected chi connectivity index (χ2v) is 3.68. The van der Waals surface area contributed by atoms with Gasteiger partial charge in [0.25, 0.3) is 5.95 Å². The van der Waals surface area contributed by atoms with E-state index >= 15 is 0 Å². The van der Waals surface area contributed by atoms with Crippen LogP contribution >= 0.6 is 15.9 Å². The zero-order chi connectivity index (χ0) is 12.1. The molecule has 0 unspecified atom stereocenters. The Kier molecular flexibility index (Phi) is 2.42. The standard InChI is InChI=1S/C7H4BrF2N3O3/c8-5-2(9)1-3-4(11-5)6(10)12-13(3)7(14,15)16/h1,14-16H. The Morgan fingerprint density at radius 3 is 2.50 bits per heavy atom. The van der Waals surface area contributed by atoms with Gasteiger partial charge in [0, 0.05) is 6.07 Å². The van der Waals surface area contributed by atoms with Crippen LogP contribution in [0.1, 0.15) is 0 Å². The Bertz CT molecular complexity index is 566. The third-order valence-electron chi connectivity index (χ3n) is 1.81. The summed E-state index contributed by atoms with van der Waals surface area (Å²) in [6.07, 6.45) is -3.43. The quantitative estimate of drug-likeness (QED) is 0.509. The van der Waals surface area contributed by atoms with Crippen LogP contribution in [-0.4, -0.2) is 30.1 Å². The van der Waals surface area contributed by atoms with Crippen LogP contribution in [0.2, 0.25) is 0 Å². The highest BCUT2D eigenvalue weighted by atomic mass is 79.9. The van der Waals surface area contributed by atoms with Crippen LogP contribution in [0.15, 0.2) is 10.7 Å². The van der Waals surface area contributed by atoms with Crippen LogP contribution < -0.4 is 0 Å². The van der Waals surface area contributed by atoms with Crippen molar-refractivity contribution in [1.29, 1.82) is 0 Å². The Morgan fingerprint density at radius 2 is 1.94 bits per heavy atom. The summed E-state index contributed by atoms with van der Waals surface area (Å²) < 4.78 is 26.1. The lowest BCUT2D eigenvalue weighted by Gasteiger charge is -2.14. The number of nitrogens with zero attached hydrogens (tertiary/aromatic N) is 3. The van der Waals surface area contributed by atoms with Gasteiger partial charge in [0.05, 0.1) is 0 Å². The third kappa shape index (κ3) is 1.67. The fraction of sp³-hybridized carbons (Fsp3) is 0.143. The SMILES string of the molecule is OC(O)(O)n1nc(F)c2nc(Br)c(F)cc21. The van der Waals surface area contributed by atoms with E-state index in [2.05, 4.69) is 26.0 Å². The molecule has 86 valence electrons. The summed E-state index contributed by atoms with van der Waals surface area (Å²) in [6, 6.07) is 0.750. The topological polar surface area (TPSA) is 91.4 Å². The molecule has 0 spiro atoms. The maximum Gasteiger partial charge on any atom is 0.389 e. The van der Waals surface area contributed by atoms with E-state index in [9.17, 15) is 8.78 Å². The van der Waals surface area contributed by atoms with Gasteiger partial charge in [-0.25, -0.2) is 9.37 Å². The van der Waals surface area contributed by atoms with Crippen molar-refractivity contribution in [1.82, 2.24) is 14.8 Å². The molecular formula is C7H4BrF2N3O3. The molecule has 0 fully saturated rings. The molecule has 9 heteroatoms. The second kappa shape index (κ2) is 3.42. The number of aromatic nitrogens is 3. The van der Waals surface area contributed by atoms with Crippen LogP contribution in [0.3, 0.4) is 0 Å². The molecule has 2 aromatic rings. The lowest BCUT2D eigenvalue weighted by atomic mass is 10.4. The lowest BCUT2D eigenvalue weighted by Crippen LogP contribution is -2.33. The minimum Gasteiger partial charge on any atom is -0.324 e. The van der Waals surface area contributed by atoms with Gasteiger partial charge in [-0.2, -0.15) is 9.07 Å². The molecule has 2 rings (SSSR count). The maximum absolute atomic E-state index is 13.2. The summed E-state index contributed by atoms with van der Waals surface area (Å²) in [5.74, 6) is -2.03. The average Bonchev–Trinajstić information content (AvgIpc) is 2.45. The van der Waals surface area contributed by atoms with Gasteiger partial charge in [-0.1, -0.05) is 0 Å². The molecular weight excluding hydrogens is 292 g/mol. The summed E-state index contributed by atoms with van der Waals surface area (Å²) >= 11 is 2.73. The number of aliphatic hydroxyl groups is 3. The van der Waals surface area contributed by atoms with Gasteiger partial charge in [0.15, 0.2) is 5.82 Å². The monoisotopic (exact) mass is 295 g/mol. The van der Waals surface area contributed by atoms with Crippen LogP contribution in [0.4, 0.5) is 8.78 Å². The van der Waals surface area contributed by atoms with Crippen molar-refractivity contribution in [3.63, 3.8) is 0 Å². The molecule has 6 nitrogen and oxygen atoms in total. The molecule has 0 aliphatic rings. The average molecular weight is 296 g/mol. The normalized spacial score (nSPS) is 12.4. The summed E-state index contributed by atoms with van der Waals surface area (Å²) in [5, 5.41) is 29.5. The van der Waals surface area contributed by atoms with E-state index in [1.54, 1.807) is 0 Å². The predicted molar refractivity (Wildman–Crippen MR) is 49.8 cm³/mol. The zero-order valence-electron chi connectivity index (χ0n) is 7.39. The minimum atomic E-state index is -3.43. The summed E-state index contributed by atoms with van der Waals surface area (Å²) in [4.78, 5) is 3.46. The lowest BCUT2D eigenvalue weighted by molar-refractivity contribution is -0.379. The van der Waals surface area contributed by atoms with Crippen LogP contribution in [0.25, 0.3) is 11.0 Å². The van der Waals surface area contributed by atoms with Crippen molar-refractivity contribution in [2.75, 3.05) is 0 Å². The molecule has 0 aliphatic heterocycles. The molecule has 2 heterocycles. The van der Waals surface area contributed by atoms with E-state index in [1.807, 2.05) is 0 Å². The fourth-order valence-corrected chi connectivity index (χ4v) is 1.48. The smallest absolute Gasteiger partial charge is 0.324 e. The van der Waals surface area contributed by atoms with Gasteiger partial charge in [-0.15, -0.1) is 5.10 Å². The number of fused-ring (bicyclic) bond motifs is 1. The van der Waals surface area contributed by atoms with Crippen LogP contribution in [-0.2, 0) is 6.10 Å². The fourth-order valence-electron chi connectivity index (χ4n) is 1.19. The molecule has 0 atom stereocenters. The minimum absolute atomic E-state index is 0.0974. The van der Waals surface area contributed by atoms with Crippen molar-refractivity contribution >= 4 is 27.0 Å². The van der Waals surface area contributed by atoms with Crippen molar-refractivity contribution in [2.45, 2.75) is 6.10 Å². The molecule has 0 radical (unpaired) electrons. The number of hydrogen-bond acceptors (Lipinski definition) is 5. The number of rotatable bonds is 1. The van der Waals surface area contributed by atoms with Gasteiger partial charge in [0.1, 0.15) is 15.6 Å². The number of halogens is 3. The first-order chi connectivity index (χ1) is 7.30. The van der Waals surface area contributed by atoms with Gasteiger partial charge in [-0.3, -0.25) is 0 Å².